The zero-order chi connectivity index (χ0) is 15.6. The van der Waals surface area contributed by atoms with Crippen molar-refractivity contribution < 1.29 is 17.2 Å². The molecule has 0 saturated carbocycles. The van der Waals surface area contributed by atoms with E-state index < -0.39 is 26.6 Å². The summed E-state index contributed by atoms with van der Waals surface area (Å²) in [4.78, 5) is -0.698. The van der Waals surface area contributed by atoms with Gasteiger partial charge in [-0.3, -0.25) is 0 Å². The summed E-state index contributed by atoms with van der Waals surface area (Å²) in [6, 6.07) is 3.72. The van der Waals surface area contributed by atoms with Crippen LogP contribution in [0.15, 0.2) is 33.9 Å². The number of sulfonamides is 1. The molecule has 0 radical (unpaired) electrons. The Hall–Kier alpha value is -1.02. The van der Waals surface area contributed by atoms with Gasteiger partial charge in [0, 0.05) is 19.5 Å². The summed E-state index contributed by atoms with van der Waals surface area (Å²) in [7, 11) is -2.82. The lowest BCUT2D eigenvalue weighted by Gasteiger charge is -2.17. The molecule has 0 aliphatic rings. The number of nitrogens with zero attached hydrogens (tertiary/aromatic N) is 1. The quantitative estimate of drug-likeness (QED) is 0.772. The van der Waals surface area contributed by atoms with Gasteiger partial charge in [-0.15, -0.1) is 11.6 Å². The third kappa shape index (κ3) is 3.42. The second-order valence-corrected chi connectivity index (χ2v) is 7.48. The van der Waals surface area contributed by atoms with Crippen molar-refractivity contribution in [2.45, 2.75) is 17.3 Å². The molecule has 0 saturated heterocycles. The molecule has 0 aliphatic carbocycles. The van der Waals surface area contributed by atoms with E-state index in [1.807, 2.05) is 5.38 Å². The van der Waals surface area contributed by atoms with Crippen LogP contribution in [0.5, 0.6) is 0 Å². The second-order valence-electron chi connectivity index (χ2n) is 4.42. The first-order chi connectivity index (χ1) is 9.86. The van der Waals surface area contributed by atoms with Gasteiger partial charge < -0.3 is 0 Å². The number of hydrogen-bond donors (Lipinski definition) is 0. The Morgan fingerprint density at radius 2 is 2.00 bits per heavy atom. The van der Waals surface area contributed by atoms with Crippen LogP contribution in [0.25, 0.3) is 0 Å². The third-order valence-electron chi connectivity index (χ3n) is 2.88. The van der Waals surface area contributed by atoms with E-state index >= 15 is 0 Å². The first-order valence-electron chi connectivity index (χ1n) is 5.87. The van der Waals surface area contributed by atoms with E-state index in [2.05, 4.69) is 0 Å². The summed E-state index contributed by atoms with van der Waals surface area (Å²) in [5.74, 6) is -2.72. The van der Waals surface area contributed by atoms with Gasteiger partial charge >= 0.3 is 0 Å². The van der Waals surface area contributed by atoms with Gasteiger partial charge in [-0.05, 0) is 40.1 Å². The topological polar surface area (TPSA) is 37.4 Å². The van der Waals surface area contributed by atoms with Gasteiger partial charge in [0.1, 0.15) is 4.90 Å². The Morgan fingerprint density at radius 3 is 2.57 bits per heavy atom. The molecule has 0 spiro atoms. The molecule has 0 fully saturated rings. The fourth-order valence-electron chi connectivity index (χ4n) is 1.77. The largest absolute Gasteiger partial charge is 0.246 e. The van der Waals surface area contributed by atoms with Crippen LogP contribution in [-0.2, 0) is 22.4 Å². The maximum absolute atomic E-state index is 13.8. The monoisotopic (exact) mass is 351 g/mol. The predicted octanol–water partition coefficient (Wildman–Crippen LogP) is 3.59. The first-order valence-corrected chi connectivity index (χ1v) is 8.79. The number of thiophene rings is 1. The minimum atomic E-state index is -4.14. The molecule has 21 heavy (non-hydrogen) atoms. The molecule has 0 atom stereocenters. The molecule has 0 aliphatic heterocycles. The molecule has 2 rings (SSSR count). The summed E-state index contributed by atoms with van der Waals surface area (Å²) >= 11 is 7.00. The van der Waals surface area contributed by atoms with Crippen molar-refractivity contribution in [3.8, 4) is 0 Å². The fraction of sp³-hybridized carbons (Fsp3) is 0.231. The highest BCUT2D eigenvalue weighted by Crippen LogP contribution is 2.24. The number of rotatable bonds is 5. The molecule has 1 heterocycles. The van der Waals surface area contributed by atoms with Crippen molar-refractivity contribution in [1.82, 2.24) is 4.31 Å². The molecular weight excluding hydrogens is 340 g/mol. The van der Waals surface area contributed by atoms with Crippen molar-refractivity contribution >= 4 is 33.0 Å². The van der Waals surface area contributed by atoms with E-state index in [0.717, 1.165) is 22.0 Å². The lowest BCUT2D eigenvalue weighted by Crippen LogP contribution is -2.27. The molecule has 114 valence electrons. The summed E-state index contributed by atoms with van der Waals surface area (Å²) in [5.41, 5.74) is 0.985. The van der Waals surface area contributed by atoms with E-state index in [1.54, 1.807) is 11.4 Å². The van der Waals surface area contributed by atoms with Gasteiger partial charge in [-0.25, -0.2) is 17.2 Å². The van der Waals surface area contributed by atoms with Gasteiger partial charge in [-0.1, -0.05) is 0 Å². The maximum Gasteiger partial charge on any atom is 0.246 e. The van der Waals surface area contributed by atoms with E-state index in [4.69, 9.17) is 11.6 Å². The first kappa shape index (κ1) is 16.4. The molecule has 0 amide bonds. The molecule has 0 unspecified atom stereocenters. The van der Waals surface area contributed by atoms with Crippen LogP contribution >= 0.6 is 22.9 Å². The van der Waals surface area contributed by atoms with Gasteiger partial charge in [-0.2, -0.15) is 15.6 Å². The van der Waals surface area contributed by atoms with Gasteiger partial charge in [0.15, 0.2) is 11.6 Å². The van der Waals surface area contributed by atoms with Crippen LogP contribution < -0.4 is 0 Å². The van der Waals surface area contributed by atoms with E-state index in [0.29, 0.717) is 0 Å². The summed E-state index contributed by atoms with van der Waals surface area (Å²) in [5, 5.41) is 3.60. The SMILES string of the molecule is CN(Cc1ccsc1)S(=O)(=O)c1cc(CCl)cc(F)c1F. The van der Waals surface area contributed by atoms with E-state index in [9.17, 15) is 17.2 Å². The predicted molar refractivity (Wildman–Crippen MR) is 78.9 cm³/mol. The van der Waals surface area contributed by atoms with Gasteiger partial charge in [0.05, 0.1) is 0 Å². The van der Waals surface area contributed by atoms with Crippen molar-refractivity contribution in [2.24, 2.45) is 0 Å². The van der Waals surface area contributed by atoms with Crippen LogP contribution in [0, 0.1) is 11.6 Å². The van der Waals surface area contributed by atoms with E-state index in [-0.39, 0.29) is 18.0 Å². The second kappa shape index (κ2) is 6.39. The number of benzene rings is 1. The number of hydrogen-bond acceptors (Lipinski definition) is 3. The molecule has 0 N–H and O–H groups in total. The average Bonchev–Trinajstić information content (AvgIpc) is 2.94. The fourth-order valence-corrected chi connectivity index (χ4v) is 3.87. The zero-order valence-electron chi connectivity index (χ0n) is 11.0. The van der Waals surface area contributed by atoms with Crippen LogP contribution in [-0.4, -0.2) is 19.8 Å². The Morgan fingerprint density at radius 1 is 1.29 bits per heavy atom. The Bertz CT molecular complexity index is 733. The van der Waals surface area contributed by atoms with Crippen LogP contribution in [0.2, 0.25) is 0 Å². The van der Waals surface area contributed by atoms with Crippen LogP contribution in [0.4, 0.5) is 8.78 Å². The smallest absolute Gasteiger partial charge is 0.207 e. The average molecular weight is 352 g/mol. The van der Waals surface area contributed by atoms with Crippen molar-refractivity contribution in [2.75, 3.05) is 7.05 Å². The van der Waals surface area contributed by atoms with Crippen molar-refractivity contribution in [1.29, 1.82) is 0 Å². The lowest BCUT2D eigenvalue weighted by molar-refractivity contribution is 0.447. The Kier molecular flexibility index (Phi) is 4.98. The molecule has 3 nitrogen and oxygen atoms in total. The number of alkyl halides is 1. The van der Waals surface area contributed by atoms with Crippen molar-refractivity contribution in [3.63, 3.8) is 0 Å². The lowest BCUT2D eigenvalue weighted by atomic mass is 10.2. The van der Waals surface area contributed by atoms with Crippen molar-refractivity contribution in [3.05, 3.63) is 51.7 Å². The standard InChI is InChI=1S/C13H12ClF2NO2S2/c1-17(7-9-2-3-20-8-9)21(18,19)12-5-10(6-14)4-11(15)13(12)16/h2-5,8H,6-7H2,1H3. The van der Waals surface area contributed by atoms with Gasteiger partial charge in [0.2, 0.25) is 10.0 Å². The van der Waals surface area contributed by atoms with Gasteiger partial charge in [0.25, 0.3) is 0 Å². The molecular formula is C13H12ClF2NO2S2. The highest BCUT2D eigenvalue weighted by atomic mass is 35.5. The Balaban J connectivity index is 2.41. The molecule has 0 bridgehead atoms. The van der Waals surface area contributed by atoms with Crippen LogP contribution in [0.1, 0.15) is 11.1 Å². The summed E-state index contributed by atoms with van der Waals surface area (Å²) in [6.07, 6.45) is 0. The zero-order valence-corrected chi connectivity index (χ0v) is 13.4. The summed E-state index contributed by atoms with van der Waals surface area (Å²) < 4.78 is 53.0. The highest BCUT2D eigenvalue weighted by molar-refractivity contribution is 7.89. The molecule has 1 aromatic heterocycles. The molecule has 8 heteroatoms. The van der Waals surface area contributed by atoms with E-state index in [1.165, 1.54) is 18.4 Å². The minimum absolute atomic E-state index is 0.0813. The maximum atomic E-state index is 13.8. The molecule has 2 aromatic rings. The summed E-state index contributed by atoms with van der Waals surface area (Å²) in [6.45, 7) is 0.0813. The number of halogens is 3. The molecule has 1 aromatic carbocycles. The Labute approximate surface area is 130 Å². The highest BCUT2D eigenvalue weighted by Gasteiger charge is 2.27. The normalized spacial score (nSPS) is 12.0. The van der Waals surface area contributed by atoms with Crippen LogP contribution in [0.3, 0.4) is 0 Å². The minimum Gasteiger partial charge on any atom is -0.207 e. The third-order valence-corrected chi connectivity index (χ3v) is 5.73.